The van der Waals surface area contributed by atoms with Gasteiger partial charge < -0.3 is 20.1 Å². The fourth-order valence-electron chi connectivity index (χ4n) is 4.22. The second-order valence-corrected chi connectivity index (χ2v) is 10.1. The molecule has 1 aromatic carbocycles. The van der Waals surface area contributed by atoms with Gasteiger partial charge >= 0.3 is 6.09 Å². The minimum atomic E-state index is -0.677. The Kier molecular flexibility index (Phi) is 7.12. The van der Waals surface area contributed by atoms with Gasteiger partial charge in [0.2, 0.25) is 5.91 Å². The number of nitrogens with one attached hydrogen (secondary N) is 1. The van der Waals surface area contributed by atoms with Gasteiger partial charge in [-0.2, -0.15) is 0 Å². The van der Waals surface area contributed by atoms with Gasteiger partial charge in [0.1, 0.15) is 16.9 Å². The highest BCUT2D eigenvalue weighted by molar-refractivity contribution is 6.35. The zero-order chi connectivity index (χ0) is 25.2. The number of hydrogen-bond acceptors (Lipinski definition) is 6. The molecule has 0 bridgehead atoms. The summed E-state index contributed by atoms with van der Waals surface area (Å²) in [6.07, 6.45) is 5.52. The van der Waals surface area contributed by atoms with E-state index in [1.165, 1.54) is 0 Å². The van der Waals surface area contributed by atoms with Gasteiger partial charge in [-0.05, 0) is 63.4 Å². The van der Waals surface area contributed by atoms with Crippen LogP contribution in [0.4, 0.5) is 4.79 Å². The molecule has 9 heteroatoms. The van der Waals surface area contributed by atoms with E-state index in [1.54, 1.807) is 47.8 Å². The Hall–Kier alpha value is -3.39. The Balaban J connectivity index is 1.56. The number of benzene rings is 1. The van der Waals surface area contributed by atoms with Gasteiger partial charge in [-0.15, -0.1) is 0 Å². The van der Waals surface area contributed by atoms with E-state index in [2.05, 4.69) is 15.3 Å². The number of fused-ring (bicyclic) bond motifs is 1. The number of likely N-dealkylation sites (tertiary alicyclic amines) is 1. The number of nitrogens with zero attached hydrogens (tertiary/aromatic N) is 3. The van der Waals surface area contributed by atoms with Gasteiger partial charge in [-0.25, -0.2) is 4.79 Å². The van der Waals surface area contributed by atoms with E-state index in [4.69, 9.17) is 16.3 Å². The highest BCUT2D eigenvalue weighted by atomic mass is 35.5. The molecule has 1 aliphatic rings. The molecule has 3 aromatic rings. The van der Waals surface area contributed by atoms with Gasteiger partial charge in [-0.3, -0.25) is 14.8 Å². The van der Waals surface area contributed by atoms with Crippen molar-refractivity contribution in [1.82, 2.24) is 20.2 Å². The monoisotopic (exact) mass is 496 g/mol. The summed E-state index contributed by atoms with van der Waals surface area (Å²) in [5.41, 5.74) is 0.937. The number of aromatic hydroxyl groups is 1. The summed E-state index contributed by atoms with van der Waals surface area (Å²) in [4.78, 5) is 35.8. The number of pyridine rings is 2. The molecule has 1 aliphatic heterocycles. The highest BCUT2D eigenvalue weighted by Gasteiger charge is 2.32. The van der Waals surface area contributed by atoms with Crippen LogP contribution in [0.3, 0.4) is 0 Å². The van der Waals surface area contributed by atoms with Crippen molar-refractivity contribution in [3.05, 3.63) is 65.1 Å². The number of aromatic nitrogens is 2. The second-order valence-electron chi connectivity index (χ2n) is 9.67. The van der Waals surface area contributed by atoms with Gasteiger partial charge in [0.05, 0.1) is 11.1 Å². The van der Waals surface area contributed by atoms with Gasteiger partial charge in [-0.1, -0.05) is 17.7 Å². The Morgan fingerprint density at radius 3 is 2.57 bits per heavy atom. The van der Waals surface area contributed by atoms with Crippen molar-refractivity contribution < 1.29 is 19.4 Å². The smallest absolute Gasteiger partial charge is 0.410 e. The van der Waals surface area contributed by atoms with Crippen LogP contribution in [0.1, 0.15) is 50.8 Å². The van der Waals surface area contributed by atoms with Crippen LogP contribution in [0, 0.1) is 5.92 Å². The predicted molar refractivity (Wildman–Crippen MR) is 133 cm³/mol. The van der Waals surface area contributed by atoms with Crippen LogP contribution in [0.2, 0.25) is 5.02 Å². The molecule has 2 aromatic heterocycles. The van der Waals surface area contributed by atoms with Crippen molar-refractivity contribution in [3.63, 3.8) is 0 Å². The van der Waals surface area contributed by atoms with Crippen LogP contribution in [0.25, 0.3) is 10.9 Å². The Morgan fingerprint density at radius 2 is 1.91 bits per heavy atom. The summed E-state index contributed by atoms with van der Waals surface area (Å²) < 4.78 is 5.45. The first-order valence-corrected chi connectivity index (χ1v) is 12.0. The Labute approximate surface area is 209 Å². The third kappa shape index (κ3) is 5.65. The van der Waals surface area contributed by atoms with E-state index in [0.29, 0.717) is 53.0 Å². The number of phenolic OH excluding ortho intramolecular Hbond substituents is 1. The van der Waals surface area contributed by atoms with E-state index in [9.17, 15) is 14.7 Å². The summed E-state index contributed by atoms with van der Waals surface area (Å²) >= 11 is 6.51. The summed E-state index contributed by atoms with van der Waals surface area (Å²) in [7, 11) is 0. The van der Waals surface area contributed by atoms with Crippen LogP contribution in [-0.2, 0) is 9.53 Å². The molecule has 3 heterocycles. The minimum absolute atomic E-state index is 0.0427. The molecule has 2 N–H and O–H groups in total. The molecule has 0 aliphatic carbocycles. The topological polar surface area (TPSA) is 105 Å². The zero-order valence-corrected chi connectivity index (χ0v) is 20.7. The molecule has 0 spiro atoms. The summed E-state index contributed by atoms with van der Waals surface area (Å²) in [6, 6.07) is 8.11. The molecule has 4 rings (SSSR count). The SMILES string of the molecule is CC(C)(C)OC(=O)N1CCC(C(=O)NC(c2cccnc2)c2cc(Cl)c3cccnc3c2O)CC1. The molecule has 1 unspecified atom stereocenters. The van der Waals surface area contributed by atoms with E-state index in [0.717, 1.165) is 0 Å². The number of piperidine rings is 1. The van der Waals surface area contributed by atoms with E-state index < -0.39 is 11.6 Å². The van der Waals surface area contributed by atoms with E-state index in [1.807, 2.05) is 26.8 Å². The lowest BCUT2D eigenvalue weighted by Gasteiger charge is -2.33. The number of ether oxygens (including phenoxy) is 1. The van der Waals surface area contributed by atoms with Crippen molar-refractivity contribution >= 4 is 34.5 Å². The number of carbonyl (C=O) groups is 2. The Bertz CT molecular complexity index is 1220. The highest BCUT2D eigenvalue weighted by Crippen LogP contribution is 2.38. The lowest BCUT2D eigenvalue weighted by Crippen LogP contribution is -2.45. The molecule has 2 amide bonds. The van der Waals surface area contributed by atoms with Gasteiger partial charge in [0, 0.05) is 48.5 Å². The average molecular weight is 497 g/mol. The third-order valence-electron chi connectivity index (χ3n) is 5.98. The maximum Gasteiger partial charge on any atom is 0.410 e. The molecule has 1 saturated heterocycles. The van der Waals surface area contributed by atoms with Crippen LogP contribution in [0.5, 0.6) is 5.75 Å². The van der Waals surface area contributed by atoms with Gasteiger partial charge in [0.25, 0.3) is 0 Å². The first kappa shape index (κ1) is 24.7. The average Bonchev–Trinajstić information content (AvgIpc) is 2.84. The molecular weight excluding hydrogens is 468 g/mol. The molecule has 1 atom stereocenters. The molecule has 35 heavy (non-hydrogen) atoms. The lowest BCUT2D eigenvalue weighted by atomic mass is 9.93. The van der Waals surface area contributed by atoms with Crippen LogP contribution in [-0.4, -0.2) is 50.7 Å². The van der Waals surface area contributed by atoms with Crippen molar-refractivity contribution in [3.8, 4) is 5.75 Å². The summed E-state index contributed by atoms with van der Waals surface area (Å²) in [5.74, 6) is -0.498. The van der Waals surface area contributed by atoms with E-state index >= 15 is 0 Å². The quantitative estimate of drug-likeness (QED) is 0.535. The number of phenols is 1. The number of amides is 2. The van der Waals surface area contributed by atoms with Crippen molar-refractivity contribution in [2.45, 2.75) is 45.3 Å². The molecule has 8 nitrogen and oxygen atoms in total. The van der Waals surface area contributed by atoms with E-state index in [-0.39, 0.29) is 23.7 Å². The first-order chi connectivity index (χ1) is 16.6. The maximum absolute atomic E-state index is 13.3. The number of rotatable bonds is 4. The molecule has 184 valence electrons. The van der Waals surface area contributed by atoms with Crippen LogP contribution >= 0.6 is 11.6 Å². The largest absolute Gasteiger partial charge is 0.505 e. The number of carbonyl (C=O) groups excluding carboxylic acids is 2. The zero-order valence-electron chi connectivity index (χ0n) is 20.0. The second kappa shape index (κ2) is 10.1. The van der Waals surface area contributed by atoms with Crippen LogP contribution < -0.4 is 5.32 Å². The summed E-state index contributed by atoms with van der Waals surface area (Å²) in [6.45, 7) is 6.35. The fourth-order valence-corrected chi connectivity index (χ4v) is 4.49. The van der Waals surface area contributed by atoms with Crippen molar-refractivity contribution in [2.75, 3.05) is 13.1 Å². The fraction of sp³-hybridized carbons (Fsp3) is 0.385. The van der Waals surface area contributed by atoms with Gasteiger partial charge in [0.15, 0.2) is 0 Å². The molecule has 0 saturated carbocycles. The third-order valence-corrected chi connectivity index (χ3v) is 6.29. The van der Waals surface area contributed by atoms with Crippen molar-refractivity contribution in [2.24, 2.45) is 5.92 Å². The van der Waals surface area contributed by atoms with Crippen LogP contribution in [0.15, 0.2) is 48.9 Å². The standard InChI is InChI=1S/C26H29ClN4O4/c1-26(2,3)35-25(34)31-12-8-16(9-13-31)24(33)30-21(17-6-4-10-28-15-17)19-14-20(27)18-7-5-11-29-22(18)23(19)32/h4-7,10-11,14-16,21,32H,8-9,12-13H2,1-3H3,(H,30,33). The molecule has 0 radical (unpaired) electrons. The normalized spacial score (nSPS) is 15.6. The first-order valence-electron chi connectivity index (χ1n) is 11.6. The Morgan fingerprint density at radius 1 is 1.20 bits per heavy atom. The number of hydrogen-bond donors (Lipinski definition) is 2. The van der Waals surface area contributed by atoms with Crippen molar-refractivity contribution in [1.29, 1.82) is 0 Å². The predicted octanol–water partition coefficient (Wildman–Crippen LogP) is 4.84. The maximum atomic E-state index is 13.3. The minimum Gasteiger partial charge on any atom is -0.505 e. The molecular formula is C26H29ClN4O4. The summed E-state index contributed by atoms with van der Waals surface area (Å²) in [5, 5.41) is 15.2. The molecule has 1 fully saturated rings. The number of halogens is 1. The lowest BCUT2D eigenvalue weighted by molar-refractivity contribution is -0.127.